The molecule has 0 spiro atoms. The van der Waals surface area contributed by atoms with Crippen LogP contribution in [0.2, 0.25) is 5.02 Å². The van der Waals surface area contributed by atoms with Crippen LogP contribution in [-0.2, 0) is 19.5 Å². The number of aromatic nitrogens is 1. The van der Waals surface area contributed by atoms with Gasteiger partial charge in [0.05, 0.1) is 18.4 Å². The molecule has 0 bridgehead atoms. The van der Waals surface area contributed by atoms with E-state index in [2.05, 4.69) is 25.5 Å². The number of rotatable bonds is 12. The van der Waals surface area contributed by atoms with E-state index in [9.17, 15) is 23.1 Å². The van der Waals surface area contributed by atoms with Gasteiger partial charge in [-0.15, -0.1) is 0 Å². The summed E-state index contributed by atoms with van der Waals surface area (Å²) in [6.45, 7) is 11.3. The number of carbonyl (C=O) groups is 2. The van der Waals surface area contributed by atoms with Crippen molar-refractivity contribution in [2.45, 2.75) is 78.2 Å². The Morgan fingerprint density at radius 1 is 1.02 bits per heavy atom. The maximum atomic E-state index is 12.8. The first kappa shape index (κ1) is 38.3. The molecular weight excluding hydrogens is 690 g/mol. The minimum absolute atomic E-state index is 0.0219. The molecule has 1 aliphatic rings. The van der Waals surface area contributed by atoms with Crippen molar-refractivity contribution in [2.24, 2.45) is 5.41 Å². The second kappa shape index (κ2) is 15.8. The molecule has 4 aromatic rings. The smallest absolute Gasteiger partial charge is 0.407 e. The van der Waals surface area contributed by atoms with E-state index < -0.39 is 34.4 Å². The van der Waals surface area contributed by atoms with Gasteiger partial charge in [0.1, 0.15) is 6.10 Å². The molecule has 2 unspecified atom stereocenters. The molecule has 0 aliphatic carbocycles. The van der Waals surface area contributed by atoms with Gasteiger partial charge < -0.3 is 24.0 Å². The van der Waals surface area contributed by atoms with Gasteiger partial charge in [0.25, 0.3) is 5.91 Å². The summed E-state index contributed by atoms with van der Waals surface area (Å²) in [5, 5.41) is 11.7. The number of benzene rings is 3. The molecule has 0 radical (unpaired) electrons. The molecule has 3 aromatic carbocycles. The predicted octanol–water partition coefficient (Wildman–Crippen LogP) is 8.63. The highest BCUT2D eigenvalue weighted by atomic mass is 35.5. The third-order valence-corrected chi connectivity index (χ3v) is 10.1. The monoisotopic (exact) mass is 737 g/mol. The van der Waals surface area contributed by atoms with Crippen molar-refractivity contribution in [2.75, 3.05) is 26.0 Å². The number of carboxylic acid groups (broad SMARTS) is 1. The number of carbonyl (C=O) groups excluding carboxylic acids is 1. The number of nitrogens with one attached hydrogen (secondary N) is 1. The second-order valence-electron chi connectivity index (χ2n) is 14.7. The van der Waals surface area contributed by atoms with Gasteiger partial charge in [-0.3, -0.25) is 4.79 Å². The first-order chi connectivity index (χ1) is 24.0. The minimum atomic E-state index is -3.72. The van der Waals surface area contributed by atoms with Gasteiger partial charge >= 0.3 is 6.09 Å². The van der Waals surface area contributed by atoms with E-state index in [-0.39, 0.29) is 36.0 Å². The Kier molecular flexibility index (Phi) is 11.9. The minimum Gasteiger partial charge on any atom is -0.465 e. The summed E-state index contributed by atoms with van der Waals surface area (Å²) in [4.78, 5) is 27.1. The normalized spacial score (nSPS) is 16.6. The summed E-state index contributed by atoms with van der Waals surface area (Å²) in [6.07, 6.45) is 3.34. The predicted molar refractivity (Wildman–Crippen MR) is 201 cm³/mol. The standard InChI is InChI=1S/C39H48ClN3O7S/c1-25(2)43-22-32(37(44)41-51(6,47)48)31-18-17-28(21-34(31)43)26-13-15-27(16-14-26)33(39(3,4)5)23-42(38(45)46)24-35(29-10-9-11-30(40)20-29)50-36-12-7-8-19-49-36/h9-11,13-18,20-22,25,33,35-36H,7-8,12,19,23-24H2,1-6H3,(H,41,44)(H,45,46)/t33?,35-,36?/m0/s1. The molecule has 1 aromatic heterocycles. The average molecular weight is 738 g/mol. The highest BCUT2D eigenvalue weighted by molar-refractivity contribution is 7.89. The van der Waals surface area contributed by atoms with Crippen molar-refractivity contribution in [1.82, 2.24) is 14.2 Å². The summed E-state index contributed by atoms with van der Waals surface area (Å²) in [5.41, 5.74) is 4.48. The third-order valence-electron chi connectivity index (χ3n) is 9.34. The van der Waals surface area contributed by atoms with Crippen LogP contribution in [0.3, 0.4) is 0 Å². The molecule has 0 saturated carbocycles. The van der Waals surface area contributed by atoms with E-state index >= 15 is 0 Å². The van der Waals surface area contributed by atoms with E-state index in [0.29, 0.717) is 17.0 Å². The van der Waals surface area contributed by atoms with Gasteiger partial charge in [-0.25, -0.2) is 17.9 Å². The molecule has 1 aliphatic heterocycles. The lowest BCUT2D eigenvalue weighted by atomic mass is 9.76. The fraction of sp³-hybridized carbons (Fsp3) is 0.436. The van der Waals surface area contributed by atoms with Crippen molar-refractivity contribution >= 4 is 44.5 Å². The number of fused-ring (bicyclic) bond motifs is 1. The summed E-state index contributed by atoms with van der Waals surface area (Å²) >= 11 is 6.34. The first-order valence-corrected chi connectivity index (χ1v) is 19.5. The summed E-state index contributed by atoms with van der Waals surface area (Å²) in [7, 11) is -3.72. The van der Waals surface area contributed by atoms with E-state index in [0.717, 1.165) is 53.3 Å². The van der Waals surface area contributed by atoms with Gasteiger partial charge in [-0.2, -0.15) is 0 Å². The lowest BCUT2D eigenvalue weighted by Crippen LogP contribution is -2.41. The molecule has 10 nitrogen and oxygen atoms in total. The highest BCUT2D eigenvalue weighted by Crippen LogP contribution is 2.38. The topological polar surface area (TPSA) is 127 Å². The SMILES string of the molecule is CC(C)n1cc(C(=O)NS(C)(=O)=O)c2ccc(-c3ccc(C(CN(C[C@H](OC4CCCCO4)c4cccc(Cl)c4)C(=O)O)C(C)(C)C)cc3)cc21. The van der Waals surface area contributed by atoms with E-state index in [1.165, 1.54) is 4.90 Å². The largest absolute Gasteiger partial charge is 0.465 e. The second-order valence-corrected chi connectivity index (χ2v) is 16.9. The van der Waals surface area contributed by atoms with E-state index in [1.54, 1.807) is 12.3 Å². The highest BCUT2D eigenvalue weighted by Gasteiger charge is 2.33. The maximum absolute atomic E-state index is 12.8. The quantitative estimate of drug-likeness (QED) is 0.149. The van der Waals surface area contributed by atoms with Crippen LogP contribution in [0.5, 0.6) is 0 Å². The van der Waals surface area contributed by atoms with Crippen LogP contribution in [0.15, 0.2) is 72.9 Å². The summed E-state index contributed by atoms with van der Waals surface area (Å²) in [6, 6.07) is 21.3. The van der Waals surface area contributed by atoms with E-state index in [4.69, 9.17) is 21.1 Å². The van der Waals surface area contributed by atoms with Gasteiger partial charge in [0.15, 0.2) is 6.29 Å². The fourth-order valence-corrected chi connectivity index (χ4v) is 7.28. The molecule has 2 N–H and O–H groups in total. The molecule has 2 heterocycles. The molecule has 5 rings (SSSR count). The van der Waals surface area contributed by atoms with Gasteiger partial charge in [-0.1, -0.05) is 80.9 Å². The number of hydrogen-bond donors (Lipinski definition) is 2. The molecule has 3 atom stereocenters. The maximum Gasteiger partial charge on any atom is 0.407 e. The van der Waals surface area contributed by atoms with Crippen molar-refractivity contribution in [3.8, 4) is 11.1 Å². The zero-order valence-electron chi connectivity index (χ0n) is 30.1. The van der Waals surface area contributed by atoms with Gasteiger partial charge in [-0.05, 0) is 79.0 Å². The summed E-state index contributed by atoms with van der Waals surface area (Å²) < 4.78 is 39.8. The van der Waals surface area contributed by atoms with Crippen LogP contribution >= 0.6 is 11.6 Å². The zero-order valence-corrected chi connectivity index (χ0v) is 31.6. The number of amides is 2. The Labute approximate surface area is 305 Å². The molecule has 12 heteroatoms. The van der Waals surface area contributed by atoms with Crippen LogP contribution in [0.25, 0.3) is 22.0 Å². The van der Waals surface area contributed by atoms with Crippen molar-refractivity contribution < 1.29 is 32.6 Å². The molecule has 1 fully saturated rings. The third kappa shape index (κ3) is 9.71. The van der Waals surface area contributed by atoms with Crippen LogP contribution in [0, 0.1) is 5.41 Å². The molecular formula is C39H48ClN3O7S. The first-order valence-electron chi connectivity index (χ1n) is 17.3. The van der Waals surface area contributed by atoms with Crippen molar-refractivity contribution in [3.63, 3.8) is 0 Å². The van der Waals surface area contributed by atoms with Gasteiger partial charge in [0.2, 0.25) is 10.0 Å². The lowest BCUT2D eigenvalue weighted by Gasteiger charge is -2.37. The number of hydrogen-bond acceptors (Lipinski definition) is 6. The van der Waals surface area contributed by atoms with Crippen molar-refractivity contribution in [1.29, 1.82) is 0 Å². The Hall–Kier alpha value is -3.90. The number of halogens is 1. The Morgan fingerprint density at radius 2 is 1.73 bits per heavy atom. The number of ether oxygens (including phenoxy) is 2. The molecule has 51 heavy (non-hydrogen) atoms. The van der Waals surface area contributed by atoms with Crippen LogP contribution < -0.4 is 4.72 Å². The summed E-state index contributed by atoms with van der Waals surface area (Å²) in [5.74, 6) is -0.819. The van der Waals surface area contributed by atoms with Crippen molar-refractivity contribution in [3.05, 3.63) is 94.6 Å². The Bertz CT molecular complexity index is 1960. The average Bonchev–Trinajstić information content (AvgIpc) is 3.45. The fourth-order valence-electron chi connectivity index (χ4n) is 6.64. The molecule has 2 amide bonds. The van der Waals surface area contributed by atoms with E-state index in [1.807, 2.05) is 79.1 Å². The number of sulfonamides is 1. The molecule has 274 valence electrons. The number of nitrogens with zero attached hydrogens (tertiary/aromatic N) is 2. The van der Waals surface area contributed by atoms with Gasteiger partial charge in [0, 0.05) is 47.2 Å². The Balaban J connectivity index is 1.42. The van der Waals surface area contributed by atoms with Crippen LogP contribution in [0.1, 0.15) is 93.4 Å². The van der Waals surface area contributed by atoms with Crippen LogP contribution in [-0.4, -0.2) is 67.2 Å². The zero-order chi connectivity index (χ0) is 37.1. The van der Waals surface area contributed by atoms with Crippen LogP contribution in [0.4, 0.5) is 4.79 Å². The Morgan fingerprint density at radius 3 is 2.31 bits per heavy atom. The lowest BCUT2D eigenvalue weighted by molar-refractivity contribution is -0.192. The molecule has 1 saturated heterocycles.